The van der Waals surface area contributed by atoms with E-state index < -0.39 is 29.7 Å². The van der Waals surface area contributed by atoms with Crippen LogP contribution in [0.4, 0.5) is 18.9 Å². The van der Waals surface area contributed by atoms with Crippen LogP contribution in [0.1, 0.15) is 24.0 Å². The van der Waals surface area contributed by atoms with E-state index in [-0.39, 0.29) is 30.1 Å². The number of anilines is 1. The number of aliphatic hydroxyl groups is 1. The fraction of sp³-hybridized carbons (Fsp3) is 0.263. The van der Waals surface area contributed by atoms with Gasteiger partial charge in [0.1, 0.15) is 5.82 Å². The molecule has 0 aliphatic carbocycles. The van der Waals surface area contributed by atoms with Gasteiger partial charge in [-0.15, -0.1) is 0 Å². The summed E-state index contributed by atoms with van der Waals surface area (Å²) in [6, 6.07) is 8.75. The average molecular weight is 413 g/mol. The van der Waals surface area contributed by atoms with Gasteiger partial charge in [0.2, 0.25) is 5.60 Å². The van der Waals surface area contributed by atoms with Gasteiger partial charge in [0.05, 0.1) is 0 Å². The Labute approximate surface area is 163 Å². The van der Waals surface area contributed by atoms with Crippen molar-refractivity contribution in [3.63, 3.8) is 0 Å². The topological polar surface area (TPSA) is 69.6 Å². The van der Waals surface area contributed by atoms with Crippen molar-refractivity contribution in [3.8, 4) is 0 Å². The second kappa shape index (κ2) is 7.81. The largest absolute Gasteiger partial charge is 0.372 e. The molecule has 0 bridgehead atoms. The number of benzene rings is 2. The van der Waals surface area contributed by atoms with E-state index in [4.69, 9.17) is 11.6 Å². The predicted octanol–water partition coefficient (Wildman–Crippen LogP) is 3.20. The Morgan fingerprint density at radius 3 is 2.54 bits per heavy atom. The lowest BCUT2D eigenvalue weighted by atomic mass is 10.0. The van der Waals surface area contributed by atoms with Crippen LogP contribution in [0.2, 0.25) is 5.02 Å². The summed E-state index contributed by atoms with van der Waals surface area (Å²) in [4.78, 5) is 26.2. The Morgan fingerprint density at radius 2 is 1.93 bits per heavy atom. The molecule has 3 rings (SSSR count). The van der Waals surface area contributed by atoms with E-state index in [0.29, 0.717) is 11.3 Å². The molecule has 2 aromatic rings. The van der Waals surface area contributed by atoms with Crippen molar-refractivity contribution >= 4 is 29.1 Å². The zero-order valence-corrected chi connectivity index (χ0v) is 15.2. The fourth-order valence-corrected chi connectivity index (χ4v) is 3.25. The number of rotatable bonds is 5. The van der Waals surface area contributed by atoms with Crippen LogP contribution in [-0.4, -0.2) is 29.1 Å². The summed E-state index contributed by atoms with van der Waals surface area (Å²) in [6.07, 6.45) is -2.81. The molecular weight excluding hydrogens is 397 g/mol. The van der Waals surface area contributed by atoms with Crippen LogP contribution in [0.5, 0.6) is 0 Å². The van der Waals surface area contributed by atoms with Crippen LogP contribution >= 0.6 is 11.6 Å². The van der Waals surface area contributed by atoms with Gasteiger partial charge in [-0.1, -0.05) is 23.7 Å². The first-order valence-electron chi connectivity index (χ1n) is 8.36. The van der Waals surface area contributed by atoms with Crippen molar-refractivity contribution in [1.82, 2.24) is 5.32 Å². The van der Waals surface area contributed by atoms with Crippen molar-refractivity contribution < 1.29 is 27.9 Å². The molecule has 0 saturated carbocycles. The van der Waals surface area contributed by atoms with E-state index in [1.54, 1.807) is 0 Å². The van der Waals surface area contributed by atoms with Gasteiger partial charge in [0.15, 0.2) is 0 Å². The highest BCUT2D eigenvalue weighted by atomic mass is 35.5. The molecule has 0 radical (unpaired) electrons. The number of hydrogen-bond acceptors (Lipinski definition) is 3. The molecule has 28 heavy (non-hydrogen) atoms. The lowest BCUT2D eigenvalue weighted by molar-refractivity contribution is -0.149. The van der Waals surface area contributed by atoms with Gasteiger partial charge in [-0.2, -0.15) is 0 Å². The molecule has 1 aliphatic rings. The van der Waals surface area contributed by atoms with Crippen molar-refractivity contribution in [3.05, 3.63) is 64.4 Å². The number of nitrogens with one attached hydrogen (secondary N) is 1. The molecule has 5 nitrogen and oxygen atoms in total. The average Bonchev–Trinajstić information content (AvgIpc) is 2.95. The van der Waals surface area contributed by atoms with Gasteiger partial charge in [0, 0.05) is 35.8 Å². The molecular formula is C19H16ClF3N2O3. The third-order valence-corrected chi connectivity index (χ3v) is 4.72. The molecule has 9 heteroatoms. The molecule has 1 unspecified atom stereocenters. The Bertz CT molecular complexity index is 888. The maximum atomic E-state index is 13.4. The smallest absolute Gasteiger partial charge is 0.268 e. The number of hydrogen-bond donors (Lipinski definition) is 2. The first-order valence-corrected chi connectivity index (χ1v) is 8.74. The molecule has 2 amide bonds. The monoisotopic (exact) mass is 412 g/mol. The van der Waals surface area contributed by atoms with Crippen molar-refractivity contribution in [2.24, 2.45) is 0 Å². The highest BCUT2D eigenvalue weighted by Gasteiger charge is 2.51. The van der Waals surface area contributed by atoms with Gasteiger partial charge in [-0.05, 0) is 35.9 Å². The number of nitrogens with zero attached hydrogens (tertiary/aromatic N) is 1. The SMILES string of the molecule is O=C(NCc1cc(F)cc(Cl)c1)C1(O)CCN(c2ccc(C(F)F)cc2)C1=O. The third-order valence-electron chi connectivity index (χ3n) is 4.50. The number of amides is 2. The number of carbonyl (C=O) groups excluding carboxylic acids is 2. The van der Waals surface area contributed by atoms with Crippen LogP contribution in [0.3, 0.4) is 0 Å². The van der Waals surface area contributed by atoms with Crippen LogP contribution in [0.25, 0.3) is 0 Å². The third kappa shape index (κ3) is 3.98. The predicted molar refractivity (Wildman–Crippen MR) is 96.6 cm³/mol. The Kier molecular flexibility index (Phi) is 5.62. The second-order valence-electron chi connectivity index (χ2n) is 6.42. The summed E-state index contributed by atoms with van der Waals surface area (Å²) in [5, 5.41) is 13.1. The second-order valence-corrected chi connectivity index (χ2v) is 6.86. The molecule has 1 saturated heterocycles. The van der Waals surface area contributed by atoms with Crippen molar-refractivity contribution in [2.45, 2.75) is 25.0 Å². The first-order chi connectivity index (χ1) is 13.2. The number of halogens is 4. The first kappa shape index (κ1) is 20.2. The molecule has 2 aromatic carbocycles. The highest BCUT2D eigenvalue weighted by molar-refractivity contribution is 6.30. The minimum absolute atomic E-state index is 0.0442. The summed E-state index contributed by atoms with van der Waals surface area (Å²) in [6.45, 7) is -0.0858. The van der Waals surface area contributed by atoms with E-state index in [9.17, 15) is 27.9 Å². The Morgan fingerprint density at radius 1 is 1.25 bits per heavy atom. The molecule has 2 N–H and O–H groups in total. The summed E-state index contributed by atoms with van der Waals surface area (Å²) >= 11 is 5.75. The normalized spacial score (nSPS) is 19.4. The zero-order valence-electron chi connectivity index (χ0n) is 14.5. The molecule has 0 spiro atoms. The van der Waals surface area contributed by atoms with Crippen LogP contribution in [0, 0.1) is 5.82 Å². The van der Waals surface area contributed by atoms with Crippen molar-refractivity contribution in [2.75, 3.05) is 11.4 Å². The number of carbonyl (C=O) groups is 2. The molecule has 1 heterocycles. The lowest BCUT2D eigenvalue weighted by Gasteiger charge is -2.22. The summed E-state index contributed by atoms with van der Waals surface area (Å²) in [7, 11) is 0. The minimum atomic E-state index is -2.64. The van der Waals surface area contributed by atoms with E-state index >= 15 is 0 Å². The molecule has 148 valence electrons. The van der Waals surface area contributed by atoms with E-state index in [2.05, 4.69) is 5.32 Å². The van der Waals surface area contributed by atoms with Gasteiger partial charge >= 0.3 is 0 Å². The van der Waals surface area contributed by atoms with Crippen molar-refractivity contribution in [1.29, 1.82) is 0 Å². The van der Waals surface area contributed by atoms with Crippen LogP contribution < -0.4 is 10.2 Å². The molecule has 0 aromatic heterocycles. The van der Waals surface area contributed by atoms with Gasteiger partial charge in [-0.25, -0.2) is 13.2 Å². The zero-order chi connectivity index (χ0) is 20.5. The molecule has 1 fully saturated rings. The van der Waals surface area contributed by atoms with Gasteiger partial charge < -0.3 is 15.3 Å². The minimum Gasteiger partial charge on any atom is -0.372 e. The van der Waals surface area contributed by atoms with Crippen LogP contribution in [-0.2, 0) is 16.1 Å². The van der Waals surface area contributed by atoms with E-state index in [0.717, 1.165) is 11.0 Å². The summed E-state index contributed by atoms with van der Waals surface area (Å²) in [5.74, 6) is -2.36. The maximum absolute atomic E-state index is 13.4. The van der Waals surface area contributed by atoms with Gasteiger partial charge in [-0.3, -0.25) is 9.59 Å². The maximum Gasteiger partial charge on any atom is 0.268 e. The van der Waals surface area contributed by atoms with Gasteiger partial charge in [0.25, 0.3) is 18.2 Å². The summed E-state index contributed by atoms with van der Waals surface area (Å²) < 4.78 is 38.7. The fourth-order valence-electron chi connectivity index (χ4n) is 3.00. The highest BCUT2D eigenvalue weighted by Crippen LogP contribution is 2.30. The Hall–Kier alpha value is -2.58. The quantitative estimate of drug-likeness (QED) is 0.741. The van der Waals surface area contributed by atoms with E-state index in [1.807, 2.05) is 0 Å². The molecule has 1 aliphatic heterocycles. The van der Waals surface area contributed by atoms with E-state index in [1.165, 1.54) is 36.4 Å². The van der Waals surface area contributed by atoms with Crippen LogP contribution in [0.15, 0.2) is 42.5 Å². The summed E-state index contributed by atoms with van der Waals surface area (Å²) in [5.41, 5.74) is -1.82. The standard InChI is InChI=1S/C19H16ClF3N2O3/c20-13-7-11(8-14(21)9-13)10-24-17(26)19(28)5-6-25(18(19)27)15-3-1-12(2-4-15)16(22)23/h1-4,7-9,16,28H,5-6,10H2,(H,24,26). The molecule has 1 atom stereocenters. The Balaban J connectivity index is 1.69. The number of alkyl halides is 2. The lowest BCUT2D eigenvalue weighted by Crippen LogP contribution is -2.52.